The molecule has 0 aromatic heterocycles. The Morgan fingerprint density at radius 2 is 1.70 bits per heavy atom. The first-order valence-electron chi connectivity index (χ1n) is 9.81. The van der Waals surface area contributed by atoms with Gasteiger partial charge in [-0.2, -0.15) is 0 Å². The second-order valence-corrected chi connectivity index (χ2v) is 7.49. The van der Waals surface area contributed by atoms with Crippen molar-refractivity contribution in [3.05, 3.63) is 64.7 Å². The number of aryl methyl sites for hydroxylation is 2. The first-order valence-corrected chi connectivity index (χ1v) is 10.2. The average molecular weight is 424 g/mol. The van der Waals surface area contributed by atoms with E-state index in [-0.39, 0.29) is 10.7 Å². The number of ether oxygens (including phenoxy) is 1. The summed E-state index contributed by atoms with van der Waals surface area (Å²) >= 11 is 4.83. The lowest BCUT2D eigenvalue weighted by Gasteiger charge is -2.24. The number of amides is 2. The lowest BCUT2D eigenvalue weighted by atomic mass is 10.0. The lowest BCUT2D eigenvalue weighted by Crippen LogP contribution is -2.51. The van der Waals surface area contributed by atoms with Crippen LogP contribution in [0.25, 0.3) is 6.08 Å². The summed E-state index contributed by atoms with van der Waals surface area (Å²) in [5, 5.41) is 4.92. The molecule has 0 unspecified atom stereocenters. The minimum atomic E-state index is -0.490. The summed E-state index contributed by atoms with van der Waals surface area (Å²) in [4.78, 5) is 26.3. The average Bonchev–Trinajstić information content (AvgIpc) is 2.70. The monoisotopic (exact) mass is 423 g/mol. The molecule has 156 valence electrons. The molecular weight excluding hydrogens is 398 g/mol. The van der Waals surface area contributed by atoms with Crippen LogP contribution in [0, 0.1) is 13.8 Å². The smallest absolute Gasteiger partial charge is 0.263 e. The van der Waals surface area contributed by atoms with Crippen LogP contribution in [0.15, 0.2) is 48.0 Å². The molecule has 30 heavy (non-hydrogen) atoms. The van der Waals surface area contributed by atoms with Gasteiger partial charge < -0.3 is 9.64 Å². The highest BCUT2D eigenvalue weighted by atomic mass is 32.1. The standard InChI is InChI=1S/C23H25N3O3S/c1-4-26(11-12-29-19-9-5-15(2)6-10-19)18-8-7-17(16(3)13-18)14-20-21(27)24-23(30)25-22(20)28/h5-10,13-14H,4,11-12H2,1-3H3,(H2,24,25,27,28,30). The van der Waals surface area contributed by atoms with Crippen LogP contribution in [0.5, 0.6) is 5.75 Å². The summed E-state index contributed by atoms with van der Waals surface area (Å²) in [6.07, 6.45) is 1.59. The van der Waals surface area contributed by atoms with E-state index < -0.39 is 11.8 Å². The Balaban J connectivity index is 1.68. The molecule has 2 N–H and O–H groups in total. The number of benzene rings is 2. The summed E-state index contributed by atoms with van der Waals surface area (Å²) in [7, 11) is 0. The third-order valence-electron chi connectivity index (χ3n) is 4.89. The zero-order valence-electron chi connectivity index (χ0n) is 17.3. The maximum Gasteiger partial charge on any atom is 0.263 e. The molecule has 2 aromatic carbocycles. The minimum Gasteiger partial charge on any atom is -0.492 e. The van der Waals surface area contributed by atoms with Crippen LogP contribution in [0.3, 0.4) is 0 Å². The molecule has 0 atom stereocenters. The van der Waals surface area contributed by atoms with Crippen molar-refractivity contribution in [1.29, 1.82) is 0 Å². The van der Waals surface area contributed by atoms with Gasteiger partial charge in [0.1, 0.15) is 17.9 Å². The molecule has 1 fully saturated rings. The number of likely N-dealkylation sites (N-methyl/N-ethyl adjacent to an activating group) is 1. The van der Waals surface area contributed by atoms with E-state index in [0.29, 0.717) is 6.61 Å². The fourth-order valence-electron chi connectivity index (χ4n) is 3.16. The maximum atomic E-state index is 12.1. The Kier molecular flexibility index (Phi) is 6.84. The Morgan fingerprint density at radius 3 is 2.30 bits per heavy atom. The van der Waals surface area contributed by atoms with Crippen LogP contribution in [-0.2, 0) is 9.59 Å². The van der Waals surface area contributed by atoms with Crippen molar-refractivity contribution in [3.8, 4) is 5.75 Å². The Bertz CT molecular complexity index is 977. The molecule has 1 aliphatic heterocycles. The highest BCUT2D eigenvalue weighted by Crippen LogP contribution is 2.22. The van der Waals surface area contributed by atoms with Crippen LogP contribution >= 0.6 is 12.2 Å². The molecule has 2 aromatic rings. The number of hydrogen-bond acceptors (Lipinski definition) is 5. The predicted molar refractivity (Wildman–Crippen MR) is 123 cm³/mol. The van der Waals surface area contributed by atoms with Crippen molar-refractivity contribution in [2.45, 2.75) is 20.8 Å². The van der Waals surface area contributed by atoms with E-state index in [2.05, 4.69) is 22.5 Å². The van der Waals surface area contributed by atoms with Gasteiger partial charge in [-0.15, -0.1) is 0 Å². The fraction of sp³-hybridized carbons (Fsp3) is 0.261. The summed E-state index contributed by atoms with van der Waals surface area (Å²) in [5.74, 6) is -0.121. The van der Waals surface area contributed by atoms with Gasteiger partial charge in [0.15, 0.2) is 5.11 Å². The third-order valence-corrected chi connectivity index (χ3v) is 5.10. The molecule has 1 heterocycles. The molecule has 2 amide bonds. The quantitative estimate of drug-likeness (QED) is 0.407. The summed E-state index contributed by atoms with van der Waals surface area (Å²) in [5.41, 5.74) is 4.07. The number of hydrogen-bond donors (Lipinski definition) is 2. The van der Waals surface area contributed by atoms with Gasteiger partial charge in [-0.1, -0.05) is 23.8 Å². The Labute approximate surface area is 181 Å². The van der Waals surface area contributed by atoms with Gasteiger partial charge in [0, 0.05) is 12.2 Å². The normalized spacial score (nSPS) is 13.6. The summed E-state index contributed by atoms with van der Waals surface area (Å²) in [6.45, 7) is 8.24. The van der Waals surface area contributed by atoms with Crippen molar-refractivity contribution < 1.29 is 14.3 Å². The number of nitrogens with one attached hydrogen (secondary N) is 2. The van der Waals surface area contributed by atoms with Gasteiger partial charge in [0.05, 0.1) is 6.54 Å². The molecule has 0 aliphatic carbocycles. The molecule has 1 aliphatic rings. The van der Waals surface area contributed by atoms with Gasteiger partial charge >= 0.3 is 0 Å². The zero-order chi connectivity index (χ0) is 21.7. The first-order chi connectivity index (χ1) is 14.4. The van der Waals surface area contributed by atoms with Crippen LogP contribution < -0.4 is 20.3 Å². The van der Waals surface area contributed by atoms with Crippen molar-refractivity contribution in [2.24, 2.45) is 0 Å². The van der Waals surface area contributed by atoms with E-state index in [0.717, 1.165) is 35.7 Å². The van der Waals surface area contributed by atoms with E-state index in [9.17, 15) is 9.59 Å². The van der Waals surface area contributed by atoms with Gasteiger partial charge in [-0.3, -0.25) is 20.2 Å². The number of nitrogens with zero attached hydrogens (tertiary/aromatic N) is 1. The van der Waals surface area contributed by atoms with Gasteiger partial charge in [-0.05, 0) is 74.5 Å². The van der Waals surface area contributed by atoms with Crippen molar-refractivity contribution in [1.82, 2.24) is 10.6 Å². The van der Waals surface area contributed by atoms with E-state index >= 15 is 0 Å². The zero-order valence-corrected chi connectivity index (χ0v) is 18.1. The molecule has 6 nitrogen and oxygen atoms in total. The van der Waals surface area contributed by atoms with E-state index in [1.54, 1.807) is 6.08 Å². The Hall–Kier alpha value is -3.19. The Morgan fingerprint density at radius 1 is 1.03 bits per heavy atom. The van der Waals surface area contributed by atoms with Crippen LogP contribution in [0.4, 0.5) is 5.69 Å². The molecule has 0 saturated carbocycles. The molecule has 0 spiro atoms. The highest BCUT2D eigenvalue weighted by Gasteiger charge is 2.25. The van der Waals surface area contributed by atoms with Crippen molar-refractivity contribution >= 4 is 40.9 Å². The van der Waals surface area contributed by atoms with E-state index in [1.165, 1.54) is 5.56 Å². The topological polar surface area (TPSA) is 70.7 Å². The summed E-state index contributed by atoms with van der Waals surface area (Å²) in [6, 6.07) is 14.0. The first kappa shape index (κ1) is 21.5. The minimum absolute atomic E-state index is 0.0284. The van der Waals surface area contributed by atoms with E-state index in [1.807, 2.05) is 56.3 Å². The number of anilines is 1. The highest BCUT2D eigenvalue weighted by molar-refractivity contribution is 7.80. The molecule has 0 radical (unpaired) electrons. The van der Waals surface area contributed by atoms with Gasteiger partial charge in [-0.25, -0.2) is 0 Å². The van der Waals surface area contributed by atoms with E-state index in [4.69, 9.17) is 17.0 Å². The fourth-order valence-corrected chi connectivity index (χ4v) is 3.34. The molecule has 0 bridgehead atoms. The van der Waals surface area contributed by atoms with Crippen LogP contribution in [0.1, 0.15) is 23.6 Å². The largest absolute Gasteiger partial charge is 0.492 e. The van der Waals surface area contributed by atoms with Gasteiger partial charge in [0.25, 0.3) is 11.8 Å². The molecule has 1 saturated heterocycles. The van der Waals surface area contributed by atoms with Crippen molar-refractivity contribution in [3.63, 3.8) is 0 Å². The van der Waals surface area contributed by atoms with Gasteiger partial charge in [0.2, 0.25) is 0 Å². The number of carbonyl (C=O) groups is 2. The molecule has 3 rings (SSSR count). The van der Waals surface area contributed by atoms with Crippen molar-refractivity contribution in [2.75, 3.05) is 24.6 Å². The SMILES string of the molecule is CCN(CCOc1ccc(C)cc1)c1ccc(C=C2C(=O)NC(=S)NC2=O)c(C)c1. The molecule has 7 heteroatoms. The van der Waals surface area contributed by atoms with Crippen LogP contribution in [0.2, 0.25) is 0 Å². The number of thiocarbonyl (C=S) groups is 1. The maximum absolute atomic E-state index is 12.1. The second-order valence-electron chi connectivity index (χ2n) is 7.08. The predicted octanol–water partition coefficient (Wildman–Crippen LogP) is 3.12. The number of carbonyl (C=O) groups excluding carboxylic acids is 2. The lowest BCUT2D eigenvalue weighted by molar-refractivity contribution is -0.123. The van der Waals surface area contributed by atoms with Crippen LogP contribution in [-0.4, -0.2) is 36.6 Å². The molecular formula is C23H25N3O3S. The second kappa shape index (κ2) is 9.54. The summed E-state index contributed by atoms with van der Waals surface area (Å²) < 4.78 is 5.85. The number of rotatable bonds is 7. The third kappa shape index (κ3) is 5.24.